The second kappa shape index (κ2) is 6.91. The van der Waals surface area contributed by atoms with Gasteiger partial charge in [0.2, 0.25) is 0 Å². The lowest BCUT2D eigenvalue weighted by Crippen LogP contribution is -2.23. The van der Waals surface area contributed by atoms with Crippen LogP contribution in [0.3, 0.4) is 0 Å². The van der Waals surface area contributed by atoms with Gasteiger partial charge in [-0.3, -0.25) is 0 Å². The third kappa shape index (κ3) is 5.16. The molecule has 0 aromatic rings. The van der Waals surface area contributed by atoms with E-state index in [1.165, 1.54) is 0 Å². The van der Waals surface area contributed by atoms with Gasteiger partial charge in [-0.1, -0.05) is 37.3 Å². The zero-order valence-corrected chi connectivity index (χ0v) is 8.75. The molecule has 4 heteroatoms. The van der Waals surface area contributed by atoms with E-state index in [1.54, 1.807) is 0 Å². The molecule has 0 radical (unpaired) electrons. The van der Waals surface area contributed by atoms with Crippen molar-refractivity contribution in [2.24, 2.45) is 16.7 Å². The fourth-order valence-corrected chi connectivity index (χ4v) is 0.844. The van der Waals surface area contributed by atoms with Crippen molar-refractivity contribution in [1.29, 1.82) is 0 Å². The standard InChI is InChI=1S/C10H18N4/c1-4-5-9(7-6-8(2)3)10(11)13-14-12/h5-7,14H,2,4,12H2,1,3H3,(H2,11,13)/b7-6-,9-5+. The van der Waals surface area contributed by atoms with Crippen molar-refractivity contribution in [3.05, 3.63) is 36.0 Å². The maximum atomic E-state index is 5.66. The van der Waals surface area contributed by atoms with E-state index < -0.39 is 0 Å². The fourth-order valence-electron chi connectivity index (χ4n) is 0.844. The Morgan fingerprint density at radius 2 is 2.14 bits per heavy atom. The number of nitrogens with two attached hydrogens (primary N) is 2. The van der Waals surface area contributed by atoms with Crippen molar-refractivity contribution in [1.82, 2.24) is 5.53 Å². The van der Waals surface area contributed by atoms with Gasteiger partial charge in [0.1, 0.15) is 0 Å². The third-order valence-corrected chi connectivity index (χ3v) is 1.45. The Bertz CT molecular complexity index is 274. The van der Waals surface area contributed by atoms with Crippen LogP contribution in [0.15, 0.2) is 41.1 Å². The number of allylic oxidation sites excluding steroid dienone is 3. The molecule has 14 heavy (non-hydrogen) atoms. The second-order valence-corrected chi connectivity index (χ2v) is 2.87. The molecule has 4 nitrogen and oxygen atoms in total. The molecule has 5 N–H and O–H groups in total. The van der Waals surface area contributed by atoms with E-state index in [2.05, 4.69) is 17.2 Å². The highest BCUT2D eigenvalue weighted by Crippen LogP contribution is 2.01. The Balaban J connectivity index is 4.70. The van der Waals surface area contributed by atoms with Crippen LogP contribution in [-0.4, -0.2) is 5.84 Å². The first-order chi connectivity index (χ1) is 6.61. The highest BCUT2D eigenvalue weighted by atomic mass is 15.5. The molecule has 0 amide bonds. The van der Waals surface area contributed by atoms with Gasteiger partial charge in [0.25, 0.3) is 0 Å². The largest absolute Gasteiger partial charge is 0.382 e. The van der Waals surface area contributed by atoms with Crippen molar-refractivity contribution in [3.8, 4) is 0 Å². The Hall–Kier alpha value is -1.55. The normalized spacial score (nSPS) is 13.4. The second-order valence-electron chi connectivity index (χ2n) is 2.87. The van der Waals surface area contributed by atoms with Gasteiger partial charge < -0.3 is 5.73 Å². The molecule has 0 spiro atoms. The summed E-state index contributed by atoms with van der Waals surface area (Å²) >= 11 is 0. The zero-order valence-electron chi connectivity index (χ0n) is 8.75. The molecule has 0 aliphatic carbocycles. The molecule has 0 bridgehead atoms. The molecule has 0 atom stereocenters. The predicted molar refractivity (Wildman–Crippen MR) is 61.3 cm³/mol. The van der Waals surface area contributed by atoms with Crippen LogP contribution < -0.4 is 17.1 Å². The first-order valence-corrected chi connectivity index (χ1v) is 4.44. The van der Waals surface area contributed by atoms with Crippen LogP contribution in [0.1, 0.15) is 20.3 Å². The van der Waals surface area contributed by atoms with Crippen molar-refractivity contribution in [3.63, 3.8) is 0 Å². The average molecular weight is 194 g/mol. The van der Waals surface area contributed by atoms with Gasteiger partial charge in [0, 0.05) is 5.57 Å². The number of hydrazone groups is 1. The van der Waals surface area contributed by atoms with Gasteiger partial charge in [-0.05, 0) is 13.3 Å². The summed E-state index contributed by atoms with van der Waals surface area (Å²) in [7, 11) is 0. The monoisotopic (exact) mass is 194 g/mol. The first-order valence-electron chi connectivity index (χ1n) is 4.44. The first kappa shape index (κ1) is 12.4. The van der Waals surface area contributed by atoms with Crippen molar-refractivity contribution < 1.29 is 0 Å². The van der Waals surface area contributed by atoms with Gasteiger partial charge in [0.15, 0.2) is 5.84 Å². The van der Waals surface area contributed by atoms with E-state index in [0.29, 0.717) is 5.84 Å². The number of nitrogens with one attached hydrogen (secondary N) is 1. The van der Waals surface area contributed by atoms with Crippen LogP contribution in [0.4, 0.5) is 0 Å². The van der Waals surface area contributed by atoms with Crippen LogP contribution >= 0.6 is 0 Å². The van der Waals surface area contributed by atoms with Gasteiger partial charge in [0.05, 0.1) is 0 Å². The molecule has 0 unspecified atom stereocenters. The highest BCUT2D eigenvalue weighted by Gasteiger charge is 1.96. The SMILES string of the molecule is C=C(C)\C=C/C(=C\CC)C(/N)=N/NN. The maximum Gasteiger partial charge on any atom is 0.151 e. The lowest BCUT2D eigenvalue weighted by Gasteiger charge is -2.00. The highest BCUT2D eigenvalue weighted by molar-refractivity contribution is 5.99. The summed E-state index contributed by atoms with van der Waals surface area (Å²) in [6.07, 6.45) is 6.59. The van der Waals surface area contributed by atoms with Crippen LogP contribution in [0.5, 0.6) is 0 Å². The van der Waals surface area contributed by atoms with Crippen molar-refractivity contribution in [2.75, 3.05) is 0 Å². The summed E-state index contributed by atoms with van der Waals surface area (Å²) in [4.78, 5) is 0. The molecule has 0 rings (SSSR count). The summed E-state index contributed by atoms with van der Waals surface area (Å²) in [6, 6.07) is 0. The zero-order chi connectivity index (χ0) is 11.0. The number of hydrazine groups is 1. The van der Waals surface area contributed by atoms with Crippen LogP contribution in [0.25, 0.3) is 0 Å². The topological polar surface area (TPSA) is 76.4 Å². The van der Waals surface area contributed by atoms with E-state index in [-0.39, 0.29) is 0 Å². The Kier molecular flexibility index (Phi) is 6.15. The molecular formula is C10H18N4. The number of hydrogen-bond donors (Lipinski definition) is 3. The minimum atomic E-state index is 0.367. The average Bonchev–Trinajstić information content (AvgIpc) is 2.12. The lowest BCUT2D eigenvalue weighted by molar-refractivity contribution is 0.803. The van der Waals surface area contributed by atoms with E-state index in [1.807, 2.05) is 32.1 Å². The molecule has 0 aliphatic heterocycles. The molecule has 0 saturated carbocycles. The molecule has 0 heterocycles. The van der Waals surface area contributed by atoms with E-state index in [0.717, 1.165) is 17.6 Å². The molecule has 0 aliphatic rings. The predicted octanol–water partition coefficient (Wildman–Crippen LogP) is 1.19. The number of amidine groups is 1. The fraction of sp³-hybridized carbons (Fsp3) is 0.300. The Morgan fingerprint density at radius 3 is 2.57 bits per heavy atom. The molecule has 0 saturated heterocycles. The summed E-state index contributed by atoms with van der Waals surface area (Å²) in [5.41, 5.74) is 9.62. The summed E-state index contributed by atoms with van der Waals surface area (Å²) in [5, 5.41) is 3.69. The lowest BCUT2D eigenvalue weighted by atomic mass is 10.1. The quantitative estimate of drug-likeness (QED) is 0.202. The maximum absolute atomic E-state index is 5.66. The summed E-state index contributed by atoms with van der Waals surface area (Å²) < 4.78 is 0. The molecule has 0 aromatic heterocycles. The van der Waals surface area contributed by atoms with Gasteiger partial charge in [-0.25, -0.2) is 11.4 Å². The van der Waals surface area contributed by atoms with E-state index in [4.69, 9.17) is 11.6 Å². The smallest absolute Gasteiger partial charge is 0.151 e. The third-order valence-electron chi connectivity index (χ3n) is 1.45. The van der Waals surface area contributed by atoms with E-state index >= 15 is 0 Å². The minimum Gasteiger partial charge on any atom is -0.382 e. The Labute approximate surface area is 85.0 Å². The molecule has 0 fully saturated rings. The molecule has 78 valence electrons. The van der Waals surface area contributed by atoms with Gasteiger partial charge >= 0.3 is 0 Å². The number of rotatable bonds is 5. The van der Waals surface area contributed by atoms with Crippen LogP contribution in [0, 0.1) is 0 Å². The van der Waals surface area contributed by atoms with Crippen molar-refractivity contribution in [2.45, 2.75) is 20.3 Å². The van der Waals surface area contributed by atoms with Gasteiger partial charge in [-0.15, -0.1) is 5.10 Å². The van der Waals surface area contributed by atoms with E-state index in [9.17, 15) is 0 Å². The number of hydrogen-bond acceptors (Lipinski definition) is 3. The molecular weight excluding hydrogens is 176 g/mol. The summed E-state index contributed by atoms with van der Waals surface area (Å²) in [6.45, 7) is 7.69. The summed E-state index contributed by atoms with van der Waals surface area (Å²) in [5.74, 6) is 5.40. The number of nitrogens with zero attached hydrogens (tertiary/aromatic N) is 1. The van der Waals surface area contributed by atoms with Gasteiger partial charge in [-0.2, -0.15) is 0 Å². The minimum absolute atomic E-state index is 0.367. The Morgan fingerprint density at radius 1 is 1.50 bits per heavy atom. The van der Waals surface area contributed by atoms with Crippen LogP contribution in [0.2, 0.25) is 0 Å². The molecule has 0 aromatic carbocycles. The van der Waals surface area contributed by atoms with Crippen LogP contribution in [-0.2, 0) is 0 Å². The van der Waals surface area contributed by atoms with Crippen molar-refractivity contribution >= 4 is 5.84 Å².